The number of Topliss-reactive ketones (excluding diaryl/α,β-unsaturated/α-hetero) is 1. The number of carbonyl (C=O) groups is 1. The third kappa shape index (κ3) is 4.10. The predicted molar refractivity (Wildman–Crippen MR) is 73.8 cm³/mol. The lowest BCUT2D eigenvalue weighted by Gasteiger charge is -2.18. The number of ketones is 1. The molecule has 0 aromatic heterocycles. The fraction of sp³-hybridized carbons (Fsp3) is 0.417. The van der Waals surface area contributed by atoms with Gasteiger partial charge in [0, 0.05) is 11.0 Å². The number of sulfonamides is 1. The largest absolute Gasteiger partial charge is 0.516 e. The van der Waals surface area contributed by atoms with Crippen LogP contribution in [0.4, 0.5) is 18.9 Å². The maximum atomic E-state index is 12.2. The van der Waals surface area contributed by atoms with Crippen molar-refractivity contribution in [2.45, 2.75) is 26.3 Å². The molecular weight excluding hydrogens is 331 g/mol. The Hall–Kier alpha value is -1.28. The topological polar surface area (TPSA) is 63.2 Å². The van der Waals surface area contributed by atoms with E-state index < -0.39 is 20.9 Å². The van der Waals surface area contributed by atoms with Crippen molar-refractivity contribution in [1.29, 1.82) is 0 Å². The number of halogens is 4. The summed E-state index contributed by atoms with van der Waals surface area (Å²) in [6, 6.07) is 3.20. The van der Waals surface area contributed by atoms with E-state index in [9.17, 15) is 26.4 Å². The van der Waals surface area contributed by atoms with Crippen molar-refractivity contribution in [2.24, 2.45) is 5.41 Å². The third-order valence-electron chi connectivity index (χ3n) is 2.45. The first-order valence-electron chi connectivity index (χ1n) is 5.69. The van der Waals surface area contributed by atoms with Gasteiger partial charge in [0.2, 0.25) is 0 Å². The van der Waals surface area contributed by atoms with Gasteiger partial charge >= 0.3 is 15.5 Å². The summed E-state index contributed by atoms with van der Waals surface area (Å²) in [4.78, 5) is 12.0. The van der Waals surface area contributed by atoms with Gasteiger partial charge in [-0.05, 0) is 18.2 Å². The summed E-state index contributed by atoms with van der Waals surface area (Å²) in [5, 5.41) is -0.128. The highest BCUT2D eigenvalue weighted by Crippen LogP contribution is 2.30. The first-order chi connectivity index (χ1) is 9.25. The number of nitrogens with one attached hydrogen (secondary N) is 1. The molecule has 1 aromatic rings. The zero-order valence-electron chi connectivity index (χ0n) is 11.4. The molecule has 1 aromatic carbocycles. The molecule has 1 N–H and O–H groups in total. The van der Waals surface area contributed by atoms with Crippen molar-refractivity contribution >= 4 is 33.1 Å². The van der Waals surface area contributed by atoms with Gasteiger partial charge in [-0.1, -0.05) is 32.4 Å². The zero-order chi connectivity index (χ0) is 16.6. The van der Waals surface area contributed by atoms with Crippen molar-refractivity contribution in [3.05, 3.63) is 28.8 Å². The van der Waals surface area contributed by atoms with E-state index >= 15 is 0 Å². The van der Waals surface area contributed by atoms with E-state index in [1.807, 2.05) is 0 Å². The molecule has 4 nitrogen and oxygen atoms in total. The third-order valence-corrected chi connectivity index (χ3v) is 3.88. The second kappa shape index (κ2) is 5.49. The van der Waals surface area contributed by atoms with Crippen LogP contribution in [0.15, 0.2) is 18.2 Å². The summed E-state index contributed by atoms with van der Waals surface area (Å²) in [5.74, 6) is -0.308. The van der Waals surface area contributed by atoms with Gasteiger partial charge < -0.3 is 0 Å². The maximum Gasteiger partial charge on any atom is 0.516 e. The molecule has 0 saturated heterocycles. The molecule has 118 valence electrons. The van der Waals surface area contributed by atoms with Crippen molar-refractivity contribution in [2.75, 3.05) is 4.72 Å². The zero-order valence-corrected chi connectivity index (χ0v) is 12.9. The molecule has 21 heavy (non-hydrogen) atoms. The average molecular weight is 344 g/mol. The summed E-state index contributed by atoms with van der Waals surface area (Å²) in [7, 11) is -5.52. The molecule has 0 aliphatic heterocycles. The Morgan fingerprint density at radius 3 is 2.10 bits per heavy atom. The van der Waals surface area contributed by atoms with Gasteiger partial charge in [0.1, 0.15) is 0 Å². The fourth-order valence-corrected chi connectivity index (χ4v) is 2.20. The lowest BCUT2D eigenvalue weighted by molar-refractivity contribution is -0.0429. The Kier molecular flexibility index (Phi) is 4.65. The number of rotatable bonds is 3. The summed E-state index contributed by atoms with van der Waals surface area (Å²) in [6.45, 7) is 4.98. The molecule has 1 rings (SSSR count). The minimum Gasteiger partial charge on any atom is -0.294 e. The van der Waals surface area contributed by atoms with Crippen LogP contribution >= 0.6 is 11.6 Å². The number of alkyl halides is 3. The molecule has 0 atom stereocenters. The van der Waals surface area contributed by atoms with Crippen LogP contribution in [0.25, 0.3) is 0 Å². The average Bonchev–Trinajstić information content (AvgIpc) is 2.24. The Bertz CT molecular complexity index is 663. The van der Waals surface area contributed by atoms with Crippen LogP contribution in [0.3, 0.4) is 0 Å². The highest BCUT2D eigenvalue weighted by Gasteiger charge is 2.46. The molecule has 0 unspecified atom stereocenters. The van der Waals surface area contributed by atoms with Crippen molar-refractivity contribution in [3.8, 4) is 0 Å². The smallest absolute Gasteiger partial charge is 0.294 e. The quantitative estimate of drug-likeness (QED) is 0.848. The lowest BCUT2D eigenvalue weighted by atomic mass is 9.86. The second-order valence-electron chi connectivity index (χ2n) is 5.32. The fourth-order valence-electron chi connectivity index (χ4n) is 1.38. The number of hydrogen-bond donors (Lipinski definition) is 1. The molecule has 0 spiro atoms. The van der Waals surface area contributed by atoms with Crippen molar-refractivity contribution in [1.82, 2.24) is 0 Å². The standard InChI is InChI=1S/C12H13ClF3NO3S/c1-11(2,3)10(18)8-5-4-7(6-9(8)13)17-21(19,20)12(14,15)16/h4-6,17H,1-3H3. The van der Waals surface area contributed by atoms with Gasteiger partial charge in [0.25, 0.3) is 0 Å². The van der Waals surface area contributed by atoms with E-state index in [4.69, 9.17) is 11.6 Å². The van der Waals surface area contributed by atoms with Gasteiger partial charge in [0.05, 0.1) is 10.7 Å². The second-order valence-corrected chi connectivity index (χ2v) is 7.41. The first kappa shape index (κ1) is 17.8. The first-order valence-corrected chi connectivity index (χ1v) is 7.55. The summed E-state index contributed by atoms with van der Waals surface area (Å²) in [5.41, 5.74) is -6.42. The van der Waals surface area contributed by atoms with Gasteiger partial charge in [0.15, 0.2) is 5.78 Å². The predicted octanol–water partition coefficient (Wildman–Crippen LogP) is 3.83. The monoisotopic (exact) mass is 343 g/mol. The molecule has 0 aliphatic rings. The number of carbonyl (C=O) groups excluding carboxylic acids is 1. The van der Waals surface area contributed by atoms with Crippen LogP contribution in [-0.2, 0) is 10.0 Å². The van der Waals surface area contributed by atoms with E-state index in [0.29, 0.717) is 0 Å². The number of benzene rings is 1. The number of anilines is 1. The SMILES string of the molecule is CC(C)(C)C(=O)c1ccc(NS(=O)(=O)C(F)(F)F)cc1Cl. The highest BCUT2D eigenvalue weighted by molar-refractivity contribution is 7.93. The Labute approximate surface area is 125 Å². The lowest BCUT2D eigenvalue weighted by Crippen LogP contribution is -2.30. The molecule has 0 radical (unpaired) electrons. The maximum absolute atomic E-state index is 12.2. The molecule has 0 amide bonds. The van der Waals surface area contributed by atoms with Crippen LogP contribution in [0, 0.1) is 5.41 Å². The van der Waals surface area contributed by atoms with Crippen LogP contribution in [0.1, 0.15) is 31.1 Å². The van der Waals surface area contributed by atoms with Crippen LogP contribution in [0.5, 0.6) is 0 Å². The van der Waals surface area contributed by atoms with Crippen LogP contribution in [0.2, 0.25) is 5.02 Å². The van der Waals surface area contributed by atoms with Crippen LogP contribution < -0.4 is 4.72 Å². The summed E-state index contributed by atoms with van der Waals surface area (Å²) >= 11 is 5.84. The Balaban J connectivity index is 3.13. The van der Waals surface area contributed by atoms with Gasteiger partial charge in [-0.3, -0.25) is 9.52 Å². The molecular formula is C12H13ClF3NO3S. The van der Waals surface area contributed by atoms with Crippen LogP contribution in [-0.4, -0.2) is 19.7 Å². The molecule has 0 fully saturated rings. The normalized spacial score (nSPS) is 13.1. The molecule has 0 saturated carbocycles. The van der Waals surface area contributed by atoms with E-state index in [2.05, 4.69) is 0 Å². The Morgan fingerprint density at radius 1 is 1.19 bits per heavy atom. The summed E-state index contributed by atoms with van der Waals surface area (Å²) in [6.07, 6.45) is 0. The van der Waals surface area contributed by atoms with Gasteiger partial charge in [-0.25, -0.2) is 0 Å². The molecule has 0 bridgehead atoms. The minimum atomic E-state index is -5.52. The summed E-state index contributed by atoms with van der Waals surface area (Å²) < 4.78 is 60.0. The molecule has 9 heteroatoms. The van der Waals surface area contributed by atoms with E-state index in [1.54, 1.807) is 20.8 Å². The highest BCUT2D eigenvalue weighted by atomic mass is 35.5. The Morgan fingerprint density at radius 2 is 1.71 bits per heavy atom. The van der Waals surface area contributed by atoms with E-state index in [1.165, 1.54) is 10.8 Å². The number of hydrogen-bond acceptors (Lipinski definition) is 3. The van der Waals surface area contributed by atoms with E-state index in [-0.39, 0.29) is 22.1 Å². The van der Waals surface area contributed by atoms with Gasteiger partial charge in [-0.15, -0.1) is 0 Å². The minimum absolute atomic E-state index is 0.110. The van der Waals surface area contributed by atoms with Gasteiger partial charge in [-0.2, -0.15) is 21.6 Å². The molecule has 0 aliphatic carbocycles. The van der Waals surface area contributed by atoms with Crippen molar-refractivity contribution in [3.63, 3.8) is 0 Å². The molecule has 0 heterocycles. The van der Waals surface area contributed by atoms with Crippen molar-refractivity contribution < 1.29 is 26.4 Å². The van der Waals surface area contributed by atoms with E-state index in [0.717, 1.165) is 12.1 Å².